The van der Waals surface area contributed by atoms with Gasteiger partial charge in [0.25, 0.3) is 0 Å². The molecule has 0 saturated carbocycles. The van der Waals surface area contributed by atoms with Crippen molar-refractivity contribution in [1.82, 2.24) is 9.61 Å². The van der Waals surface area contributed by atoms with E-state index in [1.807, 2.05) is 19.1 Å². The highest BCUT2D eigenvalue weighted by Gasteiger charge is 2.13. The minimum atomic E-state index is -0.357. The van der Waals surface area contributed by atoms with Crippen LogP contribution in [0, 0.1) is 6.92 Å². The maximum atomic E-state index is 11.0. The van der Waals surface area contributed by atoms with Gasteiger partial charge in [-0.05, 0) is 19.9 Å². The first-order valence-electron chi connectivity index (χ1n) is 5.42. The summed E-state index contributed by atoms with van der Waals surface area (Å²) in [5.74, 6) is 0.858. The number of ether oxygens (including phenoxy) is 2. The zero-order valence-electron chi connectivity index (χ0n) is 10.1. The number of esters is 1. The second-order valence-electron chi connectivity index (χ2n) is 3.63. The number of aryl methyl sites for hydroxylation is 1. The van der Waals surface area contributed by atoms with Crippen LogP contribution in [0.15, 0.2) is 18.3 Å². The average Bonchev–Trinajstić information content (AvgIpc) is 2.56. The van der Waals surface area contributed by atoms with Gasteiger partial charge in [-0.25, -0.2) is 4.52 Å². The van der Waals surface area contributed by atoms with Crippen LogP contribution in [-0.4, -0.2) is 22.2 Å². The minimum absolute atomic E-state index is 0.357. The fourth-order valence-electron chi connectivity index (χ4n) is 1.65. The molecule has 0 radical (unpaired) electrons. The number of carbonyl (C=O) groups is 1. The summed E-state index contributed by atoms with van der Waals surface area (Å²) >= 11 is 0. The number of hydrogen-bond acceptors (Lipinski definition) is 4. The number of fused-ring (bicyclic) bond motifs is 1. The SMILES string of the molecule is CCOc1ccn2nc(C)c(OC(C)=O)c2c1. The highest BCUT2D eigenvalue weighted by atomic mass is 16.5. The lowest BCUT2D eigenvalue weighted by Crippen LogP contribution is -2.02. The summed E-state index contributed by atoms with van der Waals surface area (Å²) in [6, 6.07) is 3.63. The maximum absolute atomic E-state index is 11.0. The van der Waals surface area contributed by atoms with E-state index in [-0.39, 0.29) is 5.97 Å². The van der Waals surface area contributed by atoms with Gasteiger partial charge in [-0.15, -0.1) is 0 Å². The van der Waals surface area contributed by atoms with Gasteiger partial charge in [-0.3, -0.25) is 4.79 Å². The van der Waals surface area contributed by atoms with Gasteiger partial charge in [0.1, 0.15) is 17.0 Å². The molecule has 2 aromatic heterocycles. The fraction of sp³-hybridized carbons (Fsp3) is 0.333. The van der Waals surface area contributed by atoms with Gasteiger partial charge in [0.2, 0.25) is 0 Å². The van der Waals surface area contributed by atoms with Crippen LogP contribution in [-0.2, 0) is 4.79 Å². The Morgan fingerprint density at radius 3 is 2.94 bits per heavy atom. The smallest absolute Gasteiger partial charge is 0.308 e. The molecule has 0 fully saturated rings. The Kier molecular flexibility index (Phi) is 2.99. The molecule has 0 amide bonds. The van der Waals surface area contributed by atoms with Gasteiger partial charge in [0, 0.05) is 19.2 Å². The molecule has 5 heteroatoms. The van der Waals surface area contributed by atoms with Crippen molar-refractivity contribution < 1.29 is 14.3 Å². The second-order valence-corrected chi connectivity index (χ2v) is 3.63. The maximum Gasteiger partial charge on any atom is 0.308 e. The molecule has 0 atom stereocenters. The summed E-state index contributed by atoms with van der Waals surface area (Å²) in [5, 5.41) is 4.25. The summed E-state index contributed by atoms with van der Waals surface area (Å²) in [5.41, 5.74) is 1.40. The Balaban J connectivity index is 2.52. The first kappa shape index (κ1) is 11.4. The molecule has 2 aromatic rings. The predicted molar refractivity (Wildman–Crippen MR) is 62.4 cm³/mol. The number of nitrogens with zero attached hydrogens (tertiary/aromatic N) is 2. The molecule has 5 nitrogen and oxygen atoms in total. The topological polar surface area (TPSA) is 52.8 Å². The number of pyridine rings is 1. The van der Waals surface area contributed by atoms with E-state index >= 15 is 0 Å². The molecule has 0 aliphatic carbocycles. The van der Waals surface area contributed by atoms with Crippen LogP contribution in [0.25, 0.3) is 5.52 Å². The number of hydrogen-bond donors (Lipinski definition) is 0. The summed E-state index contributed by atoms with van der Waals surface area (Å²) in [4.78, 5) is 11.0. The van der Waals surface area contributed by atoms with E-state index in [9.17, 15) is 4.79 Å². The van der Waals surface area contributed by atoms with Crippen molar-refractivity contribution in [1.29, 1.82) is 0 Å². The van der Waals surface area contributed by atoms with Crippen molar-refractivity contribution in [2.75, 3.05) is 6.61 Å². The lowest BCUT2D eigenvalue weighted by Gasteiger charge is -2.04. The van der Waals surface area contributed by atoms with Crippen molar-refractivity contribution in [3.8, 4) is 11.5 Å². The van der Waals surface area contributed by atoms with Crippen LogP contribution in [0.4, 0.5) is 0 Å². The molecule has 0 spiro atoms. The van der Waals surface area contributed by atoms with Crippen molar-refractivity contribution in [3.63, 3.8) is 0 Å². The van der Waals surface area contributed by atoms with Gasteiger partial charge >= 0.3 is 5.97 Å². The van der Waals surface area contributed by atoms with Crippen LogP contribution < -0.4 is 9.47 Å². The summed E-state index contributed by atoms with van der Waals surface area (Å²) in [7, 11) is 0. The molecule has 17 heavy (non-hydrogen) atoms. The highest BCUT2D eigenvalue weighted by molar-refractivity contribution is 5.75. The van der Waals surface area contributed by atoms with Crippen molar-refractivity contribution in [3.05, 3.63) is 24.0 Å². The molecular weight excluding hydrogens is 220 g/mol. The monoisotopic (exact) mass is 234 g/mol. The van der Waals surface area contributed by atoms with Crippen molar-refractivity contribution >= 4 is 11.5 Å². The number of aromatic nitrogens is 2. The Labute approximate surface area is 99.0 Å². The molecule has 2 heterocycles. The number of carbonyl (C=O) groups excluding carboxylic acids is 1. The van der Waals surface area contributed by atoms with Crippen molar-refractivity contribution in [2.24, 2.45) is 0 Å². The Bertz CT molecular complexity index is 560. The Morgan fingerprint density at radius 1 is 1.53 bits per heavy atom. The average molecular weight is 234 g/mol. The van der Waals surface area contributed by atoms with Crippen LogP contribution >= 0.6 is 0 Å². The van der Waals surface area contributed by atoms with E-state index in [0.717, 1.165) is 11.3 Å². The largest absolute Gasteiger partial charge is 0.494 e. The molecular formula is C12H14N2O3. The third-order valence-electron chi connectivity index (χ3n) is 2.28. The molecule has 0 unspecified atom stereocenters. The molecule has 0 aliphatic heterocycles. The molecule has 0 saturated heterocycles. The zero-order chi connectivity index (χ0) is 12.4. The highest BCUT2D eigenvalue weighted by Crippen LogP contribution is 2.27. The molecule has 0 aromatic carbocycles. The van der Waals surface area contributed by atoms with E-state index in [0.29, 0.717) is 18.1 Å². The van der Waals surface area contributed by atoms with E-state index in [4.69, 9.17) is 9.47 Å². The predicted octanol–water partition coefficient (Wildman–Crippen LogP) is 1.97. The molecule has 2 rings (SSSR count). The normalized spacial score (nSPS) is 10.5. The zero-order valence-corrected chi connectivity index (χ0v) is 10.1. The minimum Gasteiger partial charge on any atom is -0.494 e. The van der Waals surface area contributed by atoms with Crippen LogP contribution in [0.3, 0.4) is 0 Å². The molecule has 0 N–H and O–H groups in total. The van der Waals surface area contributed by atoms with Crippen molar-refractivity contribution in [2.45, 2.75) is 20.8 Å². The van der Waals surface area contributed by atoms with Crippen LogP contribution in [0.5, 0.6) is 11.5 Å². The van der Waals surface area contributed by atoms with E-state index in [2.05, 4.69) is 5.10 Å². The van der Waals surface area contributed by atoms with E-state index in [1.54, 1.807) is 17.6 Å². The first-order chi connectivity index (χ1) is 8.11. The van der Waals surface area contributed by atoms with Gasteiger partial charge in [0.15, 0.2) is 5.75 Å². The lowest BCUT2D eigenvalue weighted by molar-refractivity contribution is -0.131. The van der Waals surface area contributed by atoms with E-state index < -0.39 is 0 Å². The molecule has 90 valence electrons. The fourth-order valence-corrected chi connectivity index (χ4v) is 1.65. The number of rotatable bonds is 3. The van der Waals surface area contributed by atoms with Gasteiger partial charge in [-0.1, -0.05) is 0 Å². The van der Waals surface area contributed by atoms with E-state index in [1.165, 1.54) is 6.92 Å². The Morgan fingerprint density at radius 2 is 2.29 bits per heavy atom. The lowest BCUT2D eigenvalue weighted by atomic mass is 10.3. The summed E-state index contributed by atoms with van der Waals surface area (Å²) in [6.45, 7) is 5.67. The quantitative estimate of drug-likeness (QED) is 0.762. The van der Waals surface area contributed by atoms with Crippen LogP contribution in [0.2, 0.25) is 0 Å². The Hall–Kier alpha value is -2.04. The standard InChI is InChI=1S/C12H14N2O3/c1-4-16-10-5-6-14-11(7-10)12(8(2)13-14)17-9(3)15/h5-7H,4H2,1-3H3. The first-order valence-corrected chi connectivity index (χ1v) is 5.42. The van der Waals surface area contributed by atoms with Gasteiger partial charge < -0.3 is 9.47 Å². The summed E-state index contributed by atoms with van der Waals surface area (Å²) < 4.78 is 12.2. The molecule has 0 bridgehead atoms. The van der Waals surface area contributed by atoms with Crippen LogP contribution in [0.1, 0.15) is 19.5 Å². The van der Waals surface area contributed by atoms with Gasteiger partial charge in [0.05, 0.1) is 6.61 Å². The second kappa shape index (κ2) is 4.45. The molecule has 0 aliphatic rings. The third-order valence-corrected chi connectivity index (χ3v) is 2.28. The third kappa shape index (κ3) is 2.22. The summed E-state index contributed by atoms with van der Waals surface area (Å²) in [6.07, 6.45) is 1.78. The van der Waals surface area contributed by atoms with Gasteiger partial charge in [-0.2, -0.15) is 5.10 Å².